The number of nitrogens with zero attached hydrogens (tertiary/aromatic N) is 1. The van der Waals surface area contributed by atoms with Gasteiger partial charge in [-0.15, -0.1) is 0 Å². The molecule has 0 N–H and O–H groups in total. The highest BCUT2D eigenvalue weighted by molar-refractivity contribution is 6.32. The van der Waals surface area contributed by atoms with Crippen LogP contribution in [0.25, 0.3) is 0 Å². The smallest absolute Gasteiger partial charge is 0.311 e. The number of fused-ring (bicyclic) bond motifs is 2. The number of carbonyl (C=O) groups is 3. The van der Waals surface area contributed by atoms with Crippen molar-refractivity contribution in [1.82, 2.24) is 4.90 Å². The molecule has 0 aliphatic carbocycles. The van der Waals surface area contributed by atoms with E-state index in [2.05, 4.69) is 0 Å². The monoisotopic (exact) mass is 387 g/mol. The van der Waals surface area contributed by atoms with Gasteiger partial charge in [0, 0.05) is 0 Å². The molecule has 0 saturated heterocycles. The van der Waals surface area contributed by atoms with Gasteiger partial charge in [0.25, 0.3) is 11.8 Å². The second-order valence-corrected chi connectivity index (χ2v) is 6.42. The summed E-state index contributed by atoms with van der Waals surface area (Å²) in [5, 5.41) is 0.343. The molecule has 27 heavy (non-hydrogen) atoms. The summed E-state index contributed by atoms with van der Waals surface area (Å²) in [6.07, 6.45) is -0.0838. The zero-order chi connectivity index (χ0) is 19.0. The number of carbonyl (C=O) groups excluding carboxylic acids is 3. The predicted octanol–water partition coefficient (Wildman–Crippen LogP) is 2.45. The second-order valence-electron chi connectivity index (χ2n) is 6.01. The van der Waals surface area contributed by atoms with Crippen LogP contribution in [-0.2, 0) is 16.0 Å². The average molecular weight is 388 g/mol. The fourth-order valence-electron chi connectivity index (χ4n) is 2.98. The molecular weight excluding hydrogens is 374 g/mol. The zero-order valence-corrected chi connectivity index (χ0v) is 14.8. The zero-order valence-electron chi connectivity index (χ0n) is 14.1. The lowest BCUT2D eigenvalue weighted by atomic mass is 10.1. The Balaban J connectivity index is 1.40. The maximum atomic E-state index is 12.2. The van der Waals surface area contributed by atoms with Crippen LogP contribution in [0.4, 0.5) is 0 Å². The third-order valence-electron chi connectivity index (χ3n) is 4.24. The van der Waals surface area contributed by atoms with Crippen LogP contribution in [0.15, 0.2) is 36.4 Å². The summed E-state index contributed by atoms with van der Waals surface area (Å²) in [4.78, 5) is 37.5. The number of hydrogen-bond donors (Lipinski definition) is 0. The fourth-order valence-corrected chi connectivity index (χ4v) is 3.26. The van der Waals surface area contributed by atoms with Crippen molar-refractivity contribution in [2.24, 2.45) is 0 Å². The van der Waals surface area contributed by atoms with Gasteiger partial charge < -0.3 is 14.2 Å². The van der Waals surface area contributed by atoms with E-state index >= 15 is 0 Å². The minimum Gasteiger partial charge on any atom is -0.486 e. The van der Waals surface area contributed by atoms with Gasteiger partial charge in [0.05, 0.1) is 22.6 Å². The molecule has 2 heterocycles. The van der Waals surface area contributed by atoms with Crippen LogP contribution in [0.5, 0.6) is 11.5 Å². The molecule has 2 amide bonds. The Morgan fingerprint density at radius 1 is 1.07 bits per heavy atom. The number of rotatable bonds is 4. The molecule has 2 aliphatic rings. The predicted molar refractivity (Wildman–Crippen MR) is 94.0 cm³/mol. The maximum Gasteiger partial charge on any atom is 0.311 e. The molecule has 0 bridgehead atoms. The lowest BCUT2D eigenvalue weighted by Gasteiger charge is -2.20. The normalized spacial score (nSPS) is 14.9. The van der Waals surface area contributed by atoms with E-state index in [4.69, 9.17) is 25.8 Å². The summed E-state index contributed by atoms with van der Waals surface area (Å²) in [5.41, 5.74) is 1.19. The molecule has 0 unspecified atom stereocenters. The largest absolute Gasteiger partial charge is 0.486 e. The van der Waals surface area contributed by atoms with E-state index < -0.39 is 24.5 Å². The Morgan fingerprint density at radius 2 is 1.74 bits per heavy atom. The molecule has 7 nitrogen and oxygen atoms in total. The van der Waals surface area contributed by atoms with Gasteiger partial charge in [-0.3, -0.25) is 14.4 Å². The lowest BCUT2D eigenvalue weighted by molar-refractivity contribution is -0.145. The van der Waals surface area contributed by atoms with Crippen molar-refractivity contribution >= 4 is 29.4 Å². The van der Waals surface area contributed by atoms with Crippen molar-refractivity contribution in [2.45, 2.75) is 6.42 Å². The van der Waals surface area contributed by atoms with Crippen molar-refractivity contribution in [2.75, 3.05) is 19.9 Å². The number of imide groups is 1. The Morgan fingerprint density at radius 3 is 2.44 bits per heavy atom. The van der Waals surface area contributed by atoms with Crippen LogP contribution in [0.1, 0.15) is 26.3 Å². The van der Waals surface area contributed by atoms with Crippen LogP contribution >= 0.6 is 11.6 Å². The summed E-state index contributed by atoms with van der Waals surface area (Å²) in [6, 6.07) is 9.72. The number of benzene rings is 2. The summed E-state index contributed by atoms with van der Waals surface area (Å²) in [5.74, 6) is -0.640. The molecule has 138 valence electrons. The number of hydrogen-bond acceptors (Lipinski definition) is 6. The van der Waals surface area contributed by atoms with Crippen LogP contribution in [0.2, 0.25) is 5.02 Å². The topological polar surface area (TPSA) is 82.1 Å². The highest BCUT2D eigenvalue weighted by atomic mass is 35.5. The number of esters is 1. The molecule has 0 atom stereocenters. The quantitative estimate of drug-likeness (QED) is 0.592. The maximum absolute atomic E-state index is 12.2. The van der Waals surface area contributed by atoms with Crippen LogP contribution in [0, 0.1) is 0 Å². The first-order chi connectivity index (χ1) is 13.0. The minimum atomic E-state index is -0.598. The molecule has 2 aromatic rings. The van der Waals surface area contributed by atoms with E-state index in [0.717, 1.165) is 4.90 Å². The summed E-state index contributed by atoms with van der Waals surface area (Å²) in [6.45, 7) is 0.370. The molecule has 2 aliphatic heterocycles. The molecule has 0 radical (unpaired) electrons. The Bertz CT molecular complexity index is 922. The van der Waals surface area contributed by atoms with Gasteiger partial charge in [0.2, 0.25) is 0 Å². The number of amides is 2. The first-order valence-corrected chi connectivity index (χ1v) is 8.61. The summed E-state index contributed by atoms with van der Waals surface area (Å²) >= 11 is 6.15. The number of halogens is 1. The molecule has 2 aromatic carbocycles. The molecule has 0 spiro atoms. The fraction of sp³-hybridized carbons (Fsp3) is 0.211. The van der Waals surface area contributed by atoms with Gasteiger partial charge in [0.15, 0.2) is 18.2 Å². The van der Waals surface area contributed by atoms with Crippen molar-refractivity contribution in [1.29, 1.82) is 0 Å². The molecular formula is C19H14ClNO6. The third-order valence-corrected chi connectivity index (χ3v) is 4.52. The first-order valence-electron chi connectivity index (χ1n) is 8.23. The first kappa shape index (κ1) is 17.4. The van der Waals surface area contributed by atoms with Gasteiger partial charge in [-0.2, -0.15) is 0 Å². The average Bonchev–Trinajstić information content (AvgIpc) is 2.91. The Labute approximate surface area is 159 Å². The van der Waals surface area contributed by atoms with Crippen molar-refractivity contribution in [3.8, 4) is 11.5 Å². The van der Waals surface area contributed by atoms with E-state index in [1.165, 1.54) is 0 Å². The van der Waals surface area contributed by atoms with Gasteiger partial charge in [-0.05, 0) is 29.8 Å². The highest BCUT2D eigenvalue weighted by Crippen LogP contribution is 2.38. The van der Waals surface area contributed by atoms with E-state index in [1.807, 2.05) is 0 Å². The van der Waals surface area contributed by atoms with E-state index in [0.29, 0.717) is 46.4 Å². The summed E-state index contributed by atoms with van der Waals surface area (Å²) < 4.78 is 16.0. The third kappa shape index (κ3) is 3.21. The Hall–Kier alpha value is -3.06. The second kappa shape index (κ2) is 6.92. The van der Waals surface area contributed by atoms with Gasteiger partial charge in [0.1, 0.15) is 13.2 Å². The SMILES string of the molecule is O=C(Cc1cc(Cl)c2c(c1)OCCO2)OCN1C(=O)c2ccccc2C1=O. The molecule has 4 rings (SSSR count). The standard InChI is InChI=1S/C19H14ClNO6/c20-14-7-11(8-15-17(14)26-6-5-25-15)9-16(22)27-10-21-18(23)12-3-1-2-4-13(12)19(21)24/h1-4,7-8H,5-6,9-10H2. The minimum absolute atomic E-state index is 0.0838. The van der Waals surface area contributed by atoms with Gasteiger partial charge in [-0.1, -0.05) is 23.7 Å². The van der Waals surface area contributed by atoms with Crippen molar-refractivity contribution < 1.29 is 28.6 Å². The summed E-state index contributed by atoms with van der Waals surface area (Å²) in [7, 11) is 0. The van der Waals surface area contributed by atoms with Crippen LogP contribution in [0.3, 0.4) is 0 Å². The molecule has 0 aromatic heterocycles. The molecule has 0 fully saturated rings. The Kier molecular flexibility index (Phi) is 4.45. The van der Waals surface area contributed by atoms with Crippen molar-refractivity contribution in [3.05, 3.63) is 58.1 Å². The van der Waals surface area contributed by atoms with Crippen molar-refractivity contribution in [3.63, 3.8) is 0 Å². The highest BCUT2D eigenvalue weighted by Gasteiger charge is 2.35. The van der Waals surface area contributed by atoms with Gasteiger partial charge in [-0.25, -0.2) is 4.90 Å². The lowest BCUT2D eigenvalue weighted by Crippen LogP contribution is -2.33. The molecule has 8 heteroatoms. The molecule has 0 saturated carbocycles. The van der Waals surface area contributed by atoms with E-state index in [-0.39, 0.29) is 6.42 Å². The van der Waals surface area contributed by atoms with E-state index in [1.54, 1.807) is 36.4 Å². The number of ether oxygens (including phenoxy) is 3. The van der Waals surface area contributed by atoms with Crippen LogP contribution in [-0.4, -0.2) is 42.6 Å². The van der Waals surface area contributed by atoms with Gasteiger partial charge >= 0.3 is 5.97 Å². The van der Waals surface area contributed by atoms with E-state index in [9.17, 15) is 14.4 Å². The van der Waals surface area contributed by atoms with Crippen LogP contribution < -0.4 is 9.47 Å².